The highest BCUT2D eigenvalue weighted by molar-refractivity contribution is 5.90. The van der Waals surface area contributed by atoms with Crippen LogP contribution in [0.15, 0.2) is 36.4 Å². The van der Waals surface area contributed by atoms with Crippen LogP contribution in [0, 0.1) is 17.8 Å². The number of nitrogens with one attached hydrogen (secondary N) is 1. The number of carboxylic acids is 2. The van der Waals surface area contributed by atoms with E-state index in [4.69, 9.17) is 4.74 Å². The van der Waals surface area contributed by atoms with Crippen LogP contribution < -0.4 is 10.1 Å². The first-order chi connectivity index (χ1) is 22.1. The molecule has 0 unspecified atom stereocenters. The van der Waals surface area contributed by atoms with Crippen LogP contribution in [0.1, 0.15) is 123 Å². The lowest BCUT2D eigenvalue weighted by Gasteiger charge is -2.31. The maximum Gasteiger partial charge on any atom is 0.336 e. The minimum absolute atomic E-state index is 0.148. The van der Waals surface area contributed by atoms with E-state index in [9.17, 15) is 34.5 Å². The lowest BCUT2D eigenvalue weighted by Crippen LogP contribution is -2.53. The number of hydrogen-bond donors (Lipinski definition) is 4. The van der Waals surface area contributed by atoms with E-state index in [0.717, 1.165) is 44.1 Å². The second kappa shape index (κ2) is 23.7. The summed E-state index contributed by atoms with van der Waals surface area (Å²) < 4.78 is 5.51. The van der Waals surface area contributed by atoms with Crippen molar-refractivity contribution in [2.24, 2.45) is 5.92 Å². The van der Waals surface area contributed by atoms with Crippen LogP contribution in [0.5, 0.6) is 5.75 Å². The highest BCUT2D eigenvalue weighted by Crippen LogP contribution is 2.27. The lowest BCUT2D eigenvalue weighted by atomic mass is 9.82. The molecule has 0 radical (unpaired) electrons. The first-order valence-corrected chi connectivity index (χ1v) is 16.8. The van der Waals surface area contributed by atoms with Crippen LogP contribution in [0.4, 0.5) is 0 Å². The molecule has 9 heteroatoms. The summed E-state index contributed by atoms with van der Waals surface area (Å²) in [5.74, 6) is 1.69. The summed E-state index contributed by atoms with van der Waals surface area (Å²) in [7, 11) is 0. The Labute approximate surface area is 275 Å². The van der Waals surface area contributed by atoms with Crippen LogP contribution in [0.3, 0.4) is 0 Å². The average Bonchev–Trinajstić information content (AvgIpc) is 3.00. The average molecular weight is 642 g/mol. The lowest BCUT2D eigenvalue weighted by molar-refractivity contribution is -0.167. The van der Waals surface area contributed by atoms with Crippen molar-refractivity contribution < 1.29 is 39.2 Å². The van der Waals surface area contributed by atoms with Gasteiger partial charge in [0.05, 0.1) is 12.3 Å². The Kier molecular flexibility index (Phi) is 20.8. The van der Waals surface area contributed by atoms with Crippen molar-refractivity contribution in [1.29, 1.82) is 0 Å². The zero-order valence-electron chi connectivity index (χ0n) is 28.0. The molecule has 1 rings (SSSR count). The number of amides is 1. The number of hydrogen-bond acceptors (Lipinski definition) is 6. The number of aliphatic hydroxyl groups is 1. The van der Waals surface area contributed by atoms with Crippen molar-refractivity contribution in [2.45, 2.75) is 135 Å². The molecular weight excluding hydrogens is 586 g/mol. The third-order valence-electron chi connectivity index (χ3n) is 7.92. The topological polar surface area (TPSA) is 150 Å². The summed E-state index contributed by atoms with van der Waals surface area (Å²) in [6.07, 6.45) is 14.1. The monoisotopic (exact) mass is 641 g/mol. The van der Waals surface area contributed by atoms with Gasteiger partial charge in [0.2, 0.25) is 5.91 Å². The van der Waals surface area contributed by atoms with Crippen molar-refractivity contribution in [2.75, 3.05) is 6.61 Å². The molecule has 3 atom stereocenters. The van der Waals surface area contributed by atoms with Crippen molar-refractivity contribution in [3.8, 4) is 17.6 Å². The van der Waals surface area contributed by atoms with E-state index in [-0.39, 0.29) is 25.9 Å². The Balaban J connectivity index is 2.81. The molecule has 0 heterocycles. The van der Waals surface area contributed by atoms with Gasteiger partial charge in [-0.1, -0.05) is 89.0 Å². The maximum absolute atomic E-state index is 13.5. The quantitative estimate of drug-likeness (QED) is 0.0499. The number of unbranched alkanes of at least 4 members (excludes halogenated alkanes) is 8. The predicted molar refractivity (Wildman–Crippen MR) is 179 cm³/mol. The largest absolute Gasteiger partial charge is 0.481 e. The van der Waals surface area contributed by atoms with E-state index in [1.165, 1.54) is 25.3 Å². The molecule has 0 saturated heterocycles. The number of carboxylic acid groups (broad SMARTS) is 2. The second-order valence-corrected chi connectivity index (χ2v) is 11.9. The normalized spacial score (nSPS) is 13.7. The van der Waals surface area contributed by atoms with Crippen LogP contribution >= 0.6 is 0 Å². The molecule has 256 valence electrons. The number of rotatable bonds is 26. The van der Waals surface area contributed by atoms with Crippen molar-refractivity contribution in [3.05, 3.63) is 42.0 Å². The van der Waals surface area contributed by atoms with E-state index in [1.807, 2.05) is 0 Å². The number of allylic oxidation sites excluding steroid dienone is 1. The molecule has 0 fully saturated rings. The number of ketones is 1. The van der Waals surface area contributed by atoms with Gasteiger partial charge < -0.3 is 25.4 Å². The van der Waals surface area contributed by atoms with Crippen LogP contribution in [-0.4, -0.2) is 57.2 Å². The molecule has 0 aromatic heterocycles. The second-order valence-electron chi connectivity index (χ2n) is 11.9. The summed E-state index contributed by atoms with van der Waals surface area (Å²) in [5.41, 5.74) is -1.59. The predicted octanol–water partition coefficient (Wildman–Crippen LogP) is 6.65. The number of ether oxygens (including phenoxy) is 1. The molecular formula is C37H55NO8. The number of Topliss-reactive ketones (excluding diaryl/α,β-unsaturated/α-hetero) is 1. The molecule has 0 bridgehead atoms. The zero-order chi connectivity index (χ0) is 34.2. The third kappa shape index (κ3) is 16.6. The number of aliphatic carboxylic acids is 2. The van der Waals surface area contributed by atoms with E-state index < -0.39 is 35.4 Å². The smallest absolute Gasteiger partial charge is 0.336 e. The summed E-state index contributed by atoms with van der Waals surface area (Å²) in [6, 6.07) is 6.16. The van der Waals surface area contributed by atoms with Crippen LogP contribution in [0.2, 0.25) is 0 Å². The Bertz CT molecular complexity index is 1150. The van der Waals surface area contributed by atoms with Gasteiger partial charge in [-0.2, -0.15) is 0 Å². The van der Waals surface area contributed by atoms with Gasteiger partial charge in [-0.05, 0) is 63.1 Å². The maximum atomic E-state index is 13.5. The molecule has 9 nitrogen and oxygen atoms in total. The summed E-state index contributed by atoms with van der Waals surface area (Å²) in [5, 5.41) is 33.3. The highest BCUT2D eigenvalue weighted by Gasteiger charge is 2.46. The molecule has 46 heavy (non-hydrogen) atoms. The van der Waals surface area contributed by atoms with E-state index >= 15 is 0 Å². The summed E-state index contributed by atoms with van der Waals surface area (Å²) in [6.45, 7) is 5.85. The Hall–Kier alpha value is -3.64. The van der Waals surface area contributed by atoms with E-state index in [0.29, 0.717) is 37.2 Å². The number of carbonyl (C=O) groups is 4. The fourth-order valence-electron chi connectivity index (χ4n) is 5.33. The van der Waals surface area contributed by atoms with Gasteiger partial charge in [0.25, 0.3) is 0 Å². The SMILES string of the molecule is CC#CCOc1ccc(C[C@@H](CC(=O)O)NC(=O)[C@@H](C=CCCCCCCC(=O)CCCCCCC)[C@@](O)(CCC)C(=O)O)cc1. The van der Waals surface area contributed by atoms with E-state index in [1.54, 1.807) is 44.2 Å². The van der Waals surface area contributed by atoms with E-state index in [2.05, 4.69) is 24.1 Å². The third-order valence-corrected chi connectivity index (χ3v) is 7.92. The van der Waals surface area contributed by atoms with Gasteiger partial charge in [0.15, 0.2) is 5.60 Å². The van der Waals surface area contributed by atoms with Crippen molar-refractivity contribution >= 4 is 23.6 Å². The first-order valence-electron chi connectivity index (χ1n) is 16.8. The minimum atomic E-state index is -2.35. The fourth-order valence-corrected chi connectivity index (χ4v) is 5.33. The highest BCUT2D eigenvalue weighted by atomic mass is 16.5. The standard InChI is InChI=1S/C37H55NO8/c1-4-7-9-12-15-18-31(39)19-16-13-10-11-14-17-20-33(37(45,25-6-3)36(43)44)35(42)38-30(28-34(40)41)27-29-21-23-32(24-22-29)46-26-8-5-2/h17,20-24,30,33,45H,4,6-7,9-16,18-19,25-28H2,1-3H3,(H,38,42)(H,40,41)(H,43,44)/t30-,33+,37-/m0/s1. The van der Waals surface area contributed by atoms with Gasteiger partial charge in [-0.3, -0.25) is 14.4 Å². The van der Waals surface area contributed by atoms with Gasteiger partial charge in [-0.25, -0.2) is 4.79 Å². The molecule has 0 aliphatic heterocycles. The molecule has 1 aromatic rings. The van der Waals surface area contributed by atoms with Gasteiger partial charge in [0.1, 0.15) is 18.1 Å². The number of carbonyl (C=O) groups excluding carboxylic acids is 2. The van der Waals surface area contributed by atoms with Crippen LogP contribution in [0.25, 0.3) is 0 Å². The molecule has 0 saturated carbocycles. The molecule has 1 amide bonds. The molecule has 1 aromatic carbocycles. The Morgan fingerprint density at radius 2 is 1.54 bits per heavy atom. The van der Waals surface area contributed by atoms with Gasteiger partial charge >= 0.3 is 11.9 Å². The molecule has 0 aliphatic rings. The van der Waals surface area contributed by atoms with Gasteiger partial charge in [-0.15, -0.1) is 5.92 Å². The fraction of sp³-hybridized carbons (Fsp3) is 0.622. The first kappa shape index (κ1) is 40.4. The molecule has 0 spiro atoms. The summed E-state index contributed by atoms with van der Waals surface area (Å²) >= 11 is 0. The molecule has 4 N–H and O–H groups in total. The van der Waals surface area contributed by atoms with Gasteiger partial charge in [0, 0.05) is 18.9 Å². The number of benzene rings is 1. The minimum Gasteiger partial charge on any atom is -0.481 e. The van der Waals surface area contributed by atoms with Crippen molar-refractivity contribution in [1.82, 2.24) is 5.32 Å². The summed E-state index contributed by atoms with van der Waals surface area (Å²) in [4.78, 5) is 49.4. The molecule has 0 aliphatic carbocycles. The van der Waals surface area contributed by atoms with Crippen LogP contribution in [-0.2, 0) is 25.6 Å². The van der Waals surface area contributed by atoms with Crippen molar-refractivity contribution in [3.63, 3.8) is 0 Å². The zero-order valence-corrected chi connectivity index (χ0v) is 28.0. The Morgan fingerprint density at radius 3 is 2.11 bits per heavy atom. The Morgan fingerprint density at radius 1 is 0.913 bits per heavy atom.